The van der Waals surface area contributed by atoms with Crippen LogP contribution in [0.2, 0.25) is 0 Å². The molecule has 0 bridgehead atoms. The van der Waals surface area contributed by atoms with Gasteiger partial charge >= 0.3 is 5.97 Å². The van der Waals surface area contributed by atoms with Crippen molar-refractivity contribution in [3.8, 4) is 5.69 Å². The molecular formula is C16H15FN4O2S. The summed E-state index contributed by atoms with van der Waals surface area (Å²) in [4.78, 5) is 20.3. The number of methoxy groups -OCH3 is 1. The molecule has 0 spiro atoms. The van der Waals surface area contributed by atoms with E-state index in [0.717, 1.165) is 5.39 Å². The Bertz CT molecular complexity index is 866. The van der Waals surface area contributed by atoms with Crippen molar-refractivity contribution in [2.75, 3.05) is 7.11 Å². The van der Waals surface area contributed by atoms with Gasteiger partial charge in [0.1, 0.15) is 22.4 Å². The lowest BCUT2D eigenvalue weighted by Crippen LogP contribution is -2.17. The summed E-state index contributed by atoms with van der Waals surface area (Å²) in [6.45, 7) is 1.91. The maximum Gasteiger partial charge on any atom is 0.319 e. The summed E-state index contributed by atoms with van der Waals surface area (Å²) in [5, 5.41) is 5.36. The molecule has 0 fully saturated rings. The lowest BCUT2D eigenvalue weighted by Gasteiger charge is -2.11. The largest absolute Gasteiger partial charge is 0.468 e. The molecule has 0 radical (unpaired) electrons. The van der Waals surface area contributed by atoms with Crippen LogP contribution in [0.4, 0.5) is 4.39 Å². The van der Waals surface area contributed by atoms with E-state index < -0.39 is 0 Å². The van der Waals surface area contributed by atoms with Gasteiger partial charge in [-0.25, -0.2) is 19.0 Å². The number of fused-ring (bicyclic) bond motifs is 1. The molecule has 3 aromatic rings. The summed E-state index contributed by atoms with van der Waals surface area (Å²) >= 11 is 1.32. The number of hydrogen-bond donors (Lipinski definition) is 0. The topological polar surface area (TPSA) is 69.9 Å². The van der Waals surface area contributed by atoms with Gasteiger partial charge < -0.3 is 4.74 Å². The number of rotatable bonds is 5. The fraction of sp³-hybridized carbons (Fsp3) is 0.250. The summed E-state index contributed by atoms with van der Waals surface area (Å²) < 4.78 is 19.5. The number of thioether (sulfide) groups is 1. The van der Waals surface area contributed by atoms with E-state index in [2.05, 4.69) is 15.1 Å². The summed E-state index contributed by atoms with van der Waals surface area (Å²) in [7, 11) is 1.37. The Morgan fingerprint density at radius 3 is 2.75 bits per heavy atom. The third-order valence-corrected chi connectivity index (χ3v) is 4.85. The van der Waals surface area contributed by atoms with Gasteiger partial charge in [-0.3, -0.25) is 4.79 Å². The molecule has 1 unspecified atom stereocenters. The molecule has 0 aliphatic carbocycles. The van der Waals surface area contributed by atoms with Gasteiger partial charge in [-0.2, -0.15) is 5.10 Å². The highest BCUT2D eigenvalue weighted by Gasteiger charge is 2.21. The van der Waals surface area contributed by atoms with Crippen LogP contribution < -0.4 is 0 Å². The Balaban J connectivity index is 2.00. The molecule has 2 aromatic heterocycles. The van der Waals surface area contributed by atoms with Crippen LogP contribution in [0, 0.1) is 5.82 Å². The van der Waals surface area contributed by atoms with Crippen LogP contribution in [-0.4, -0.2) is 38.1 Å². The van der Waals surface area contributed by atoms with E-state index in [-0.39, 0.29) is 17.0 Å². The molecule has 124 valence electrons. The van der Waals surface area contributed by atoms with E-state index in [1.807, 2.05) is 6.92 Å². The maximum absolute atomic E-state index is 13.1. The lowest BCUT2D eigenvalue weighted by atomic mass is 10.3. The van der Waals surface area contributed by atoms with Crippen molar-refractivity contribution >= 4 is 28.8 Å². The normalized spacial score (nSPS) is 12.3. The zero-order valence-corrected chi connectivity index (χ0v) is 14.0. The summed E-state index contributed by atoms with van der Waals surface area (Å²) in [6.07, 6.45) is 3.69. The quantitative estimate of drug-likeness (QED) is 0.402. The second kappa shape index (κ2) is 6.96. The van der Waals surface area contributed by atoms with Crippen LogP contribution in [0.1, 0.15) is 13.3 Å². The van der Waals surface area contributed by atoms with Crippen molar-refractivity contribution in [3.63, 3.8) is 0 Å². The van der Waals surface area contributed by atoms with Gasteiger partial charge in [0.15, 0.2) is 5.65 Å². The van der Waals surface area contributed by atoms with E-state index in [0.29, 0.717) is 22.8 Å². The molecule has 0 amide bonds. The first kappa shape index (κ1) is 16.4. The van der Waals surface area contributed by atoms with Crippen molar-refractivity contribution in [1.29, 1.82) is 0 Å². The van der Waals surface area contributed by atoms with E-state index >= 15 is 0 Å². The molecule has 1 aromatic carbocycles. The van der Waals surface area contributed by atoms with Crippen molar-refractivity contribution in [1.82, 2.24) is 19.7 Å². The molecule has 0 N–H and O–H groups in total. The number of hydrogen-bond acceptors (Lipinski definition) is 6. The Hall–Kier alpha value is -2.48. The summed E-state index contributed by atoms with van der Waals surface area (Å²) in [6, 6.07) is 5.98. The van der Waals surface area contributed by atoms with Crippen molar-refractivity contribution < 1.29 is 13.9 Å². The smallest absolute Gasteiger partial charge is 0.319 e. The van der Waals surface area contributed by atoms with Gasteiger partial charge in [-0.15, -0.1) is 0 Å². The van der Waals surface area contributed by atoms with Crippen LogP contribution in [0.3, 0.4) is 0 Å². The second-order valence-corrected chi connectivity index (χ2v) is 6.18. The predicted molar refractivity (Wildman–Crippen MR) is 88.6 cm³/mol. The molecule has 0 aliphatic heterocycles. The zero-order valence-electron chi connectivity index (χ0n) is 13.1. The number of ether oxygens (including phenoxy) is 1. The first-order valence-corrected chi connectivity index (χ1v) is 8.21. The van der Waals surface area contributed by atoms with Crippen LogP contribution in [0.25, 0.3) is 16.7 Å². The van der Waals surface area contributed by atoms with Gasteiger partial charge in [0.05, 0.1) is 24.4 Å². The van der Waals surface area contributed by atoms with Crippen LogP contribution in [0.5, 0.6) is 0 Å². The zero-order chi connectivity index (χ0) is 17.1. The molecule has 24 heavy (non-hydrogen) atoms. The number of benzene rings is 1. The number of esters is 1. The van der Waals surface area contributed by atoms with E-state index in [1.54, 1.807) is 23.0 Å². The van der Waals surface area contributed by atoms with Gasteiger partial charge in [0.25, 0.3) is 0 Å². The first-order chi connectivity index (χ1) is 11.6. The third-order valence-electron chi connectivity index (χ3n) is 3.49. The SMILES string of the molecule is CCC(Sc1ncnc2c1cnn2-c1ccc(F)cc1)C(=O)OC. The summed E-state index contributed by atoms with van der Waals surface area (Å²) in [5.74, 6) is -0.606. The highest BCUT2D eigenvalue weighted by molar-refractivity contribution is 8.00. The van der Waals surface area contributed by atoms with Crippen molar-refractivity contribution in [3.05, 3.63) is 42.6 Å². The molecular weight excluding hydrogens is 331 g/mol. The van der Waals surface area contributed by atoms with Crippen molar-refractivity contribution in [2.24, 2.45) is 0 Å². The van der Waals surface area contributed by atoms with E-state index in [9.17, 15) is 9.18 Å². The van der Waals surface area contributed by atoms with Crippen LogP contribution in [-0.2, 0) is 9.53 Å². The van der Waals surface area contributed by atoms with Crippen LogP contribution >= 0.6 is 11.8 Å². The van der Waals surface area contributed by atoms with Gasteiger partial charge in [0.2, 0.25) is 0 Å². The summed E-state index contributed by atoms with van der Waals surface area (Å²) in [5.41, 5.74) is 1.29. The van der Waals surface area contributed by atoms with Gasteiger partial charge in [-0.1, -0.05) is 18.7 Å². The average molecular weight is 346 g/mol. The molecule has 0 saturated carbocycles. The monoisotopic (exact) mass is 346 g/mol. The molecule has 2 heterocycles. The van der Waals surface area contributed by atoms with Crippen LogP contribution in [0.15, 0.2) is 41.8 Å². The molecule has 0 aliphatic rings. The highest BCUT2D eigenvalue weighted by atomic mass is 32.2. The third kappa shape index (κ3) is 3.09. The molecule has 1 atom stereocenters. The number of carbonyl (C=O) groups excluding carboxylic acids is 1. The Labute approximate surface area is 142 Å². The fourth-order valence-corrected chi connectivity index (χ4v) is 3.26. The Kier molecular flexibility index (Phi) is 4.75. The molecule has 6 nitrogen and oxygen atoms in total. The van der Waals surface area contributed by atoms with E-state index in [4.69, 9.17) is 4.74 Å². The first-order valence-electron chi connectivity index (χ1n) is 7.33. The van der Waals surface area contributed by atoms with Crippen molar-refractivity contribution in [2.45, 2.75) is 23.6 Å². The fourth-order valence-electron chi connectivity index (χ4n) is 2.25. The minimum absolute atomic E-state index is 0.291. The maximum atomic E-state index is 13.1. The predicted octanol–water partition coefficient (Wildman–Crippen LogP) is 3.00. The van der Waals surface area contributed by atoms with E-state index in [1.165, 1.54) is 37.3 Å². The highest BCUT2D eigenvalue weighted by Crippen LogP contribution is 2.30. The Morgan fingerprint density at radius 2 is 2.08 bits per heavy atom. The minimum Gasteiger partial charge on any atom is -0.468 e. The van der Waals surface area contributed by atoms with Gasteiger partial charge in [-0.05, 0) is 30.7 Å². The lowest BCUT2D eigenvalue weighted by molar-refractivity contribution is -0.140. The molecule has 3 rings (SSSR count). The molecule has 0 saturated heterocycles. The Morgan fingerprint density at radius 1 is 1.33 bits per heavy atom. The number of nitrogens with zero attached hydrogens (tertiary/aromatic N) is 4. The molecule has 8 heteroatoms. The number of aromatic nitrogens is 4. The number of halogens is 1. The average Bonchev–Trinajstić information content (AvgIpc) is 3.04. The number of carbonyl (C=O) groups is 1. The second-order valence-electron chi connectivity index (χ2n) is 4.99. The standard InChI is InChI=1S/C16H15FN4O2S/c1-3-13(16(22)23-2)24-15-12-8-20-21(14(12)18-9-19-15)11-6-4-10(17)5-7-11/h4-9,13H,3H2,1-2H3. The minimum atomic E-state index is -0.345. The van der Waals surface area contributed by atoms with Gasteiger partial charge in [0, 0.05) is 0 Å².